The molecule has 16 nitrogen and oxygen atoms in total. The van der Waals surface area contributed by atoms with Crippen molar-refractivity contribution in [1.29, 1.82) is 0 Å². The van der Waals surface area contributed by atoms with Crippen molar-refractivity contribution in [2.45, 2.75) is 65.3 Å². The van der Waals surface area contributed by atoms with Crippen LogP contribution < -0.4 is 10.6 Å². The molecule has 5 amide bonds. The smallest absolute Gasteiger partial charge is 0.270 e. The highest BCUT2D eigenvalue weighted by Crippen LogP contribution is 2.36. The Balaban J connectivity index is 0.890. The number of nitrogens with one attached hydrogen (secondary N) is 2. The number of imidazole rings is 1. The van der Waals surface area contributed by atoms with Crippen LogP contribution in [0.25, 0.3) is 44.7 Å². The number of aryl methyl sites for hydroxylation is 2. The van der Waals surface area contributed by atoms with E-state index in [-0.39, 0.29) is 49.3 Å². The topological polar surface area (TPSA) is 190 Å². The van der Waals surface area contributed by atoms with Gasteiger partial charge < -0.3 is 19.7 Å². The minimum Gasteiger partial charge on any atom is -0.343 e. The van der Waals surface area contributed by atoms with Gasteiger partial charge >= 0.3 is 0 Å². The van der Waals surface area contributed by atoms with E-state index in [0.29, 0.717) is 47.1 Å². The molecule has 2 aromatic carbocycles. The molecule has 0 spiro atoms. The minimum atomic E-state index is -0.733. The highest BCUT2D eigenvalue weighted by molar-refractivity contribution is 6.06. The van der Waals surface area contributed by atoms with Crippen molar-refractivity contribution in [3.8, 4) is 33.9 Å². The number of imide groups is 1. The summed E-state index contributed by atoms with van der Waals surface area (Å²) in [5.41, 5.74) is 6.35. The number of pyridine rings is 2. The number of rotatable bonds is 8. The van der Waals surface area contributed by atoms with Crippen LogP contribution in [0.4, 0.5) is 0 Å². The predicted octanol–water partition coefficient (Wildman–Crippen LogP) is 3.57. The molecule has 3 aliphatic rings. The zero-order valence-electron chi connectivity index (χ0n) is 32.2. The largest absolute Gasteiger partial charge is 0.343 e. The monoisotopic (exact) mass is 777 g/mol. The van der Waals surface area contributed by atoms with E-state index >= 15 is 0 Å². The Labute approximate surface area is 332 Å². The van der Waals surface area contributed by atoms with Crippen LogP contribution >= 0.6 is 0 Å². The number of benzene rings is 2. The lowest BCUT2D eigenvalue weighted by Gasteiger charge is -2.29. The molecule has 1 fully saturated rings. The number of carbonyl (C=O) groups is 5. The molecular formula is C42H39N11O5. The summed E-state index contributed by atoms with van der Waals surface area (Å²) in [5, 5.41) is 11.7. The molecule has 3 aliphatic heterocycles. The molecule has 7 heterocycles. The van der Waals surface area contributed by atoms with Gasteiger partial charge in [0, 0.05) is 86.5 Å². The summed E-state index contributed by atoms with van der Waals surface area (Å²) in [6, 6.07) is 16.1. The summed E-state index contributed by atoms with van der Waals surface area (Å²) in [6.45, 7) is 5.85. The maximum Gasteiger partial charge on any atom is 0.270 e. The van der Waals surface area contributed by atoms with E-state index < -0.39 is 17.9 Å². The molecule has 16 heteroatoms. The van der Waals surface area contributed by atoms with Crippen LogP contribution in [0, 0.1) is 0 Å². The number of hydrogen-bond donors (Lipinski definition) is 2. The van der Waals surface area contributed by atoms with Crippen LogP contribution in [-0.4, -0.2) is 86.2 Å². The zero-order valence-corrected chi connectivity index (χ0v) is 32.2. The van der Waals surface area contributed by atoms with Crippen molar-refractivity contribution >= 4 is 40.3 Å². The van der Waals surface area contributed by atoms with Gasteiger partial charge in [0.15, 0.2) is 5.82 Å². The number of amides is 5. The van der Waals surface area contributed by atoms with Gasteiger partial charge in [-0.1, -0.05) is 37.3 Å². The standard InChI is InChI=1S/C42H39N11O5/c1-4-35-46-38(34-22-51(23(2)54)15-16-52(34)35)26-8-5-7-24-17-32(44-19-29(24)26)25-11-12-31(43-18-25)40(56)45-20-36-47-39(49-50(36)3)27-9-6-10-28-30(27)21-53(42(28)58)33-13-14-37(55)48-41(33)57/h5-12,17-19,33H,4,13-16,20-22H2,1-3H3,(H,45,56)(H,48,55,57). The molecule has 0 aliphatic carbocycles. The van der Waals surface area contributed by atoms with Gasteiger partial charge in [0.2, 0.25) is 17.7 Å². The van der Waals surface area contributed by atoms with E-state index in [1.54, 1.807) is 43.0 Å². The van der Waals surface area contributed by atoms with E-state index in [9.17, 15) is 24.0 Å². The molecule has 1 unspecified atom stereocenters. The summed E-state index contributed by atoms with van der Waals surface area (Å²) in [4.78, 5) is 85.3. The number of carbonyl (C=O) groups excluding carboxylic acids is 5. The van der Waals surface area contributed by atoms with E-state index in [0.717, 1.165) is 52.1 Å². The van der Waals surface area contributed by atoms with Gasteiger partial charge in [-0.3, -0.25) is 43.9 Å². The third-order valence-electron chi connectivity index (χ3n) is 11.2. The quantitative estimate of drug-likeness (QED) is 0.216. The number of aromatic nitrogens is 7. The molecule has 4 aromatic heterocycles. The molecule has 0 radical (unpaired) electrons. The van der Waals surface area contributed by atoms with E-state index in [1.165, 1.54) is 4.90 Å². The third kappa shape index (κ3) is 6.35. The van der Waals surface area contributed by atoms with Crippen LogP contribution in [0.15, 0.2) is 67.0 Å². The number of nitrogens with zero attached hydrogens (tertiary/aromatic N) is 9. The second kappa shape index (κ2) is 14.4. The first-order valence-electron chi connectivity index (χ1n) is 19.2. The van der Waals surface area contributed by atoms with E-state index in [2.05, 4.69) is 37.2 Å². The summed E-state index contributed by atoms with van der Waals surface area (Å²) >= 11 is 0. The van der Waals surface area contributed by atoms with Gasteiger partial charge in [-0.2, -0.15) is 5.10 Å². The Hall–Kier alpha value is -7.10. The summed E-state index contributed by atoms with van der Waals surface area (Å²) in [7, 11) is 1.72. The maximum absolute atomic E-state index is 13.3. The molecular weight excluding hydrogens is 739 g/mol. The Morgan fingerprint density at radius 2 is 1.72 bits per heavy atom. The first kappa shape index (κ1) is 36.5. The lowest BCUT2D eigenvalue weighted by molar-refractivity contribution is -0.137. The Morgan fingerprint density at radius 3 is 2.50 bits per heavy atom. The number of hydrogen-bond acceptors (Lipinski definition) is 10. The summed E-state index contributed by atoms with van der Waals surface area (Å²) in [6.07, 6.45) is 4.69. The molecule has 0 bridgehead atoms. The highest BCUT2D eigenvalue weighted by atomic mass is 16.2. The van der Waals surface area contributed by atoms with Crippen LogP contribution in [0.2, 0.25) is 0 Å². The lowest BCUT2D eigenvalue weighted by atomic mass is 10.0. The van der Waals surface area contributed by atoms with Crippen molar-refractivity contribution in [3.63, 3.8) is 0 Å². The van der Waals surface area contributed by atoms with E-state index in [4.69, 9.17) is 9.97 Å². The van der Waals surface area contributed by atoms with Gasteiger partial charge in [0.05, 0.1) is 30.2 Å². The van der Waals surface area contributed by atoms with E-state index in [1.807, 2.05) is 47.5 Å². The van der Waals surface area contributed by atoms with Crippen molar-refractivity contribution in [2.75, 3.05) is 6.54 Å². The maximum atomic E-state index is 13.3. The average Bonchev–Trinajstić information content (AvgIpc) is 3.91. The van der Waals surface area contributed by atoms with Gasteiger partial charge in [0.1, 0.15) is 23.4 Å². The summed E-state index contributed by atoms with van der Waals surface area (Å²) in [5.74, 6) is 0.430. The molecule has 1 saturated heterocycles. The Bertz CT molecular complexity index is 2700. The molecule has 6 aromatic rings. The highest BCUT2D eigenvalue weighted by Gasteiger charge is 2.40. The van der Waals surface area contributed by atoms with Crippen molar-refractivity contribution in [3.05, 3.63) is 101 Å². The summed E-state index contributed by atoms with van der Waals surface area (Å²) < 4.78 is 3.81. The van der Waals surface area contributed by atoms with Crippen molar-refractivity contribution < 1.29 is 24.0 Å². The number of fused-ring (bicyclic) bond motifs is 3. The van der Waals surface area contributed by atoms with Gasteiger partial charge in [-0.25, -0.2) is 9.97 Å². The zero-order chi connectivity index (χ0) is 40.2. The van der Waals surface area contributed by atoms with Crippen LogP contribution in [0.3, 0.4) is 0 Å². The molecule has 9 rings (SSSR count). The molecule has 0 saturated carbocycles. The predicted molar refractivity (Wildman–Crippen MR) is 210 cm³/mol. The third-order valence-corrected chi connectivity index (χ3v) is 11.2. The Morgan fingerprint density at radius 1 is 0.914 bits per heavy atom. The average molecular weight is 778 g/mol. The fraction of sp³-hybridized carbons (Fsp3) is 0.286. The SMILES string of the molecule is CCc1nc(-c2cccc3cc(-c4ccc(C(=O)NCc5nc(-c6cccc7c6CN(C6CCC(=O)NC6=O)C7=O)nn5C)nc4)ncc23)c2n1CCN(C(C)=O)C2. The first-order valence-corrected chi connectivity index (χ1v) is 19.2. The second-order valence-corrected chi connectivity index (χ2v) is 14.7. The van der Waals surface area contributed by atoms with Gasteiger partial charge in [-0.05, 0) is 41.6 Å². The Kier molecular flexibility index (Phi) is 9.10. The first-order chi connectivity index (χ1) is 28.1. The molecule has 2 N–H and O–H groups in total. The molecule has 1 atom stereocenters. The van der Waals surface area contributed by atoms with Crippen molar-refractivity contribution in [1.82, 2.24) is 54.7 Å². The molecule has 58 heavy (non-hydrogen) atoms. The second-order valence-electron chi connectivity index (χ2n) is 14.7. The lowest BCUT2D eigenvalue weighted by Crippen LogP contribution is -2.52. The normalized spacial score (nSPS) is 16.4. The van der Waals surface area contributed by atoms with Crippen molar-refractivity contribution in [2.24, 2.45) is 7.05 Å². The number of piperidine rings is 1. The minimum absolute atomic E-state index is 0.0488. The van der Waals surface area contributed by atoms with Crippen LogP contribution in [0.5, 0.6) is 0 Å². The van der Waals surface area contributed by atoms with Crippen LogP contribution in [0.1, 0.15) is 70.4 Å². The molecule has 292 valence electrons. The fourth-order valence-corrected chi connectivity index (χ4v) is 8.14. The van der Waals surface area contributed by atoms with Gasteiger partial charge in [-0.15, -0.1) is 0 Å². The fourth-order valence-electron chi connectivity index (χ4n) is 8.14. The van der Waals surface area contributed by atoms with Crippen LogP contribution in [-0.2, 0) is 54.0 Å². The van der Waals surface area contributed by atoms with Gasteiger partial charge in [0.25, 0.3) is 11.8 Å².